The normalized spacial score (nSPS) is 9.76. The summed E-state index contributed by atoms with van der Waals surface area (Å²) < 4.78 is 0. The maximum Gasteiger partial charge on any atom is 0.255 e. The van der Waals surface area contributed by atoms with Crippen LogP contribution in [0.3, 0.4) is 0 Å². The van der Waals surface area contributed by atoms with Crippen molar-refractivity contribution in [3.63, 3.8) is 0 Å². The first kappa shape index (κ1) is 14.9. The quantitative estimate of drug-likeness (QED) is 0.900. The Kier molecular flexibility index (Phi) is 4.81. The minimum atomic E-state index is -0.223. The lowest BCUT2D eigenvalue weighted by Crippen LogP contribution is -2.12. The highest BCUT2D eigenvalue weighted by molar-refractivity contribution is 6.32. The fourth-order valence-corrected chi connectivity index (χ4v) is 2.05. The second-order valence-electron chi connectivity index (χ2n) is 4.37. The van der Waals surface area contributed by atoms with Crippen LogP contribution in [0.15, 0.2) is 42.5 Å². The Labute approximate surface area is 128 Å². The first-order valence-corrected chi connectivity index (χ1v) is 6.86. The van der Waals surface area contributed by atoms with E-state index in [2.05, 4.69) is 10.6 Å². The van der Waals surface area contributed by atoms with Crippen molar-refractivity contribution in [2.24, 2.45) is 0 Å². The number of nitriles is 1. The lowest BCUT2D eigenvalue weighted by molar-refractivity contribution is 0.102. The van der Waals surface area contributed by atoms with Gasteiger partial charge in [0.05, 0.1) is 10.6 Å². The van der Waals surface area contributed by atoms with E-state index >= 15 is 0 Å². The van der Waals surface area contributed by atoms with Gasteiger partial charge >= 0.3 is 0 Å². The van der Waals surface area contributed by atoms with Crippen molar-refractivity contribution in [1.82, 2.24) is 0 Å². The summed E-state index contributed by atoms with van der Waals surface area (Å²) in [5.41, 5.74) is 2.46. The van der Waals surface area contributed by atoms with Crippen molar-refractivity contribution in [2.75, 3.05) is 17.2 Å². The van der Waals surface area contributed by atoms with Crippen molar-refractivity contribution in [1.29, 1.82) is 5.26 Å². The standard InChI is InChI=1S/C16H14ClN3O/c1-2-19-13-6-3-11(4-7-13)16(21)20-14-8-5-12(10-18)15(17)9-14/h3-9,19H,2H2,1H3,(H,20,21). The molecule has 2 aromatic rings. The monoisotopic (exact) mass is 299 g/mol. The van der Waals surface area contributed by atoms with Crippen molar-refractivity contribution in [3.05, 3.63) is 58.6 Å². The number of carbonyl (C=O) groups is 1. The van der Waals surface area contributed by atoms with Gasteiger partial charge in [0.15, 0.2) is 0 Å². The minimum absolute atomic E-state index is 0.223. The molecule has 2 rings (SSSR count). The van der Waals surface area contributed by atoms with Crippen LogP contribution in [0.2, 0.25) is 5.02 Å². The summed E-state index contributed by atoms with van der Waals surface area (Å²) in [6.07, 6.45) is 0. The van der Waals surface area contributed by atoms with Crippen LogP contribution in [0.1, 0.15) is 22.8 Å². The lowest BCUT2D eigenvalue weighted by atomic mass is 10.1. The van der Waals surface area contributed by atoms with Crippen LogP contribution in [0.25, 0.3) is 0 Å². The number of rotatable bonds is 4. The fraction of sp³-hybridized carbons (Fsp3) is 0.125. The number of amides is 1. The molecule has 1 amide bonds. The third kappa shape index (κ3) is 3.74. The molecule has 0 aliphatic carbocycles. The molecule has 0 fully saturated rings. The third-order valence-electron chi connectivity index (χ3n) is 2.88. The van der Waals surface area contributed by atoms with Crippen LogP contribution >= 0.6 is 11.6 Å². The van der Waals surface area contributed by atoms with Crippen molar-refractivity contribution < 1.29 is 4.79 Å². The molecular weight excluding hydrogens is 286 g/mol. The molecule has 0 heterocycles. The Bertz CT molecular complexity index is 690. The Morgan fingerprint density at radius 2 is 1.86 bits per heavy atom. The molecule has 0 atom stereocenters. The average molecular weight is 300 g/mol. The maximum atomic E-state index is 12.1. The summed E-state index contributed by atoms with van der Waals surface area (Å²) in [6.45, 7) is 2.84. The van der Waals surface area contributed by atoms with E-state index in [-0.39, 0.29) is 5.91 Å². The van der Waals surface area contributed by atoms with Gasteiger partial charge in [-0.05, 0) is 49.4 Å². The molecular formula is C16H14ClN3O. The Morgan fingerprint density at radius 3 is 2.43 bits per heavy atom. The van der Waals surface area contributed by atoms with Crippen LogP contribution in [0.5, 0.6) is 0 Å². The summed E-state index contributed by atoms with van der Waals surface area (Å²) in [7, 11) is 0. The highest BCUT2D eigenvalue weighted by Crippen LogP contribution is 2.21. The van der Waals surface area contributed by atoms with E-state index in [0.29, 0.717) is 21.8 Å². The van der Waals surface area contributed by atoms with E-state index in [1.54, 1.807) is 30.3 Å². The molecule has 0 unspecified atom stereocenters. The summed E-state index contributed by atoms with van der Waals surface area (Å²) in [5.74, 6) is -0.223. The van der Waals surface area contributed by atoms with Crippen LogP contribution in [0.4, 0.5) is 11.4 Å². The largest absolute Gasteiger partial charge is 0.385 e. The van der Waals surface area contributed by atoms with E-state index in [9.17, 15) is 4.79 Å². The number of anilines is 2. The second-order valence-corrected chi connectivity index (χ2v) is 4.78. The van der Waals surface area contributed by atoms with Crippen molar-refractivity contribution in [2.45, 2.75) is 6.92 Å². The maximum absolute atomic E-state index is 12.1. The lowest BCUT2D eigenvalue weighted by Gasteiger charge is -2.07. The molecule has 0 aliphatic heterocycles. The summed E-state index contributed by atoms with van der Waals surface area (Å²) in [4.78, 5) is 12.1. The van der Waals surface area contributed by atoms with E-state index in [0.717, 1.165) is 12.2 Å². The number of halogens is 1. The molecule has 2 aromatic carbocycles. The van der Waals surface area contributed by atoms with Crippen LogP contribution < -0.4 is 10.6 Å². The zero-order chi connectivity index (χ0) is 15.2. The van der Waals surface area contributed by atoms with Gasteiger partial charge in [0.2, 0.25) is 0 Å². The van der Waals surface area contributed by atoms with Crippen molar-refractivity contribution in [3.8, 4) is 6.07 Å². The molecule has 106 valence electrons. The molecule has 0 bridgehead atoms. The van der Waals surface area contributed by atoms with Gasteiger partial charge in [-0.25, -0.2) is 0 Å². The number of hydrogen-bond donors (Lipinski definition) is 2. The van der Waals surface area contributed by atoms with E-state index < -0.39 is 0 Å². The SMILES string of the molecule is CCNc1ccc(C(=O)Nc2ccc(C#N)c(Cl)c2)cc1. The molecule has 21 heavy (non-hydrogen) atoms. The average Bonchev–Trinajstić information content (AvgIpc) is 2.48. The van der Waals surface area contributed by atoms with Crippen LogP contribution in [-0.4, -0.2) is 12.5 Å². The van der Waals surface area contributed by atoms with Gasteiger partial charge in [0, 0.05) is 23.5 Å². The smallest absolute Gasteiger partial charge is 0.255 e. The molecule has 0 saturated heterocycles. The fourth-order valence-electron chi connectivity index (χ4n) is 1.83. The third-order valence-corrected chi connectivity index (χ3v) is 3.19. The van der Waals surface area contributed by atoms with Gasteiger partial charge in [-0.2, -0.15) is 5.26 Å². The van der Waals surface area contributed by atoms with Crippen LogP contribution in [0, 0.1) is 11.3 Å². The van der Waals surface area contributed by atoms with Gasteiger partial charge < -0.3 is 10.6 Å². The van der Waals surface area contributed by atoms with E-state index in [1.165, 1.54) is 0 Å². The highest BCUT2D eigenvalue weighted by Gasteiger charge is 2.07. The Hall–Kier alpha value is -2.51. The molecule has 0 radical (unpaired) electrons. The van der Waals surface area contributed by atoms with Crippen LogP contribution in [-0.2, 0) is 0 Å². The first-order valence-electron chi connectivity index (χ1n) is 6.49. The summed E-state index contributed by atoms with van der Waals surface area (Å²) in [6, 6.07) is 14.0. The molecule has 0 aromatic heterocycles. The zero-order valence-electron chi connectivity index (χ0n) is 11.5. The molecule has 0 spiro atoms. The van der Waals surface area contributed by atoms with Gasteiger partial charge in [0.25, 0.3) is 5.91 Å². The Morgan fingerprint density at radius 1 is 1.19 bits per heavy atom. The molecule has 0 aliphatic rings. The minimum Gasteiger partial charge on any atom is -0.385 e. The highest BCUT2D eigenvalue weighted by atomic mass is 35.5. The van der Waals surface area contributed by atoms with E-state index in [1.807, 2.05) is 25.1 Å². The number of carbonyl (C=O) groups excluding carboxylic acids is 1. The number of nitrogens with one attached hydrogen (secondary N) is 2. The predicted molar refractivity (Wildman–Crippen MR) is 84.7 cm³/mol. The molecule has 4 nitrogen and oxygen atoms in total. The van der Waals surface area contributed by atoms with Gasteiger partial charge in [0.1, 0.15) is 6.07 Å². The number of benzene rings is 2. The topological polar surface area (TPSA) is 64.9 Å². The van der Waals surface area contributed by atoms with Crippen molar-refractivity contribution >= 4 is 28.9 Å². The van der Waals surface area contributed by atoms with E-state index in [4.69, 9.17) is 16.9 Å². The zero-order valence-corrected chi connectivity index (χ0v) is 12.2. The van der Waals surface area contributed by atoms with Gasteiger partial charge in [-0.3, -0.25) is 4.79 Å². The summed E-state index contributed by atoms with van der Waals surface area (Å²) >= 11 is 5.93. The molecule has 5 heteroatoms. The number of hydrogen-bond acceptors (Lipinski definition) is 3. The van der Waals surface area contributed by atoms with Gasteiger partial charge in [-0.15, -0.1) is 0 Å². The first-order chi connectivity index (χ1) is 10.1. The predicted octanol–water partition coefficient (Wildman–Crippen LogP) is 3.90. The molecule has 0 saturated carbocycles. The second kappa shape index (κ2) is 6.78. The number of nitrogens with zero attached hydrogens (tertiary/aromatic N) is 1. The van der Waals surface area contributed by atoms with Gasteiger partial charge in [-0.1, -0.05) is 11.6 Å². The molecule has 2 N–H and O–H groups in total. The Balaban J connectivity index is 2.10. The summed E-state index contributed by atoms with van der Waals surface area (Å²) in [5, 5.41) is 15.0.